The summed E-state index contributed by atoms with van der Waals surface area (Å²) in [7, 11) is -0.930. The lowest BCUT2D eigenvalue weighted by atomic mass is 10.1. The largest absolute Gasteiger partial charge is 0.353 e. The summed E-state index contributed by atoms with van der Waals surface area (Å²) in [5.74, 6) is 0.0406. The van der Waals surface area contributed by atoms with E-state index in [-0.39, 0.29) is 5.75 Å². The molecule has 1 aliphatic rings. The first-order chi connectivity index (χ1) is 10.4. The molecular formula is C15H21N3O2S2. The predicted octanol–water partition coefficient (Wildman–Crippen LogP) is 2.36. The first-order valence-corrected chi connectivity index (χ1v) is 10.3. The van der Waals surface area contributed by atoms with Crippen LogP contribution in [-0.2, 0) is 29.2 Å². The van der Waals surface area contributed by atoms with E-state index in [0.29, 0.717) is 11.0 Å². The molecule has 0 amide bonds. The maximum absolute atomic E-state index is 11.4. The molecule has 1 aliphatic heterocycles. The molecule has 0 radical (unpaired) electrons. The van der Waals surface area contributed by atoms with Gasteiger partial charge in [0.05, 0.1) is 11.7 Å². The number of nitrogens with zero attached hydrogens (tertiary/aromatic N) is 3. The first-order valence-electron chi connectivity index (χ1n) is 7.39. The molecule has 2 aromatic heterocycles. The minimum Gasteiger partial charge on any atom is -0.353 e. The highest BCUT2D eigenvalue weighted by atomic mass is 32.2. The molecule has 5 nitrogen and oxygen atoms in total. The van der Waals surface area contributed by atoms with Crippen LogP contribution in [0.4, 0.5) is 0 Å². The Morgan fingerprint density at radius 1 is 1.45 bits per heavy atom. The van der Waals surface area contributed by atoms with Crippen molar-refractivity contribution in [2.24, 2.45) is 7.05 Å². The Bertz CT molecular complexity index is 748. The second kappa shape index (κ2) is 6.14. The van der Waals surface area contributed by atoms with Gasteiger partial charge in [-0.05, 0) is 31.5 Å². The van der Waals surface area contributed by atoms with E-state index in [1.54, 1.807) is 0 Å². The Labute approximate surface area is 135 Å². The normalized spacial score (nSPS) is 19.8. The van der Waals surface area contributed by atoms with Crippen molar-refractivity contribution in [3.8, 4) is 0 Å². The van der Waals surface area contributed by atoms with Crippen molar-refractivity contribution in [3.63, 3.8) is 0 Å². The van der Waals surface area contributed by atoms with Crippen molar-refractivity contribution < 1.29 is 8.42 Å². The van der Waals surface area contributed by atoms with Crippen LogP contribution in [0.15, 0.2) is 23.7 Å². The summed E-state index contributed by atoms with van der Waals surface area (Å²) in [6, 6.07) is 4.69. The molecule has 0 aromatic carbocycles. The number of thiazole rings is 1. The molecule has 7 heteroatoms. The number of hydrogen-bond donors (Lipinski definition) is 0. The van der Waals surface area contributed by atoms with Crippen molar-refractivity contribution in [1.82, 2.24) is 14.5 Å². The minimum atomic E-state index is -3.01. The molecule has 1 unspecified atom stereocenters. The number of aromatic nitrogens is 2. The van der Waals surface area contributed by atoms with Gasteiger partial charge in [-0.2, -0.15) is 0 Å². The zero-order valence-electron chi connectivity index (χ0n) is 12.9. The molecular weight excluding hydrogens is 318 g/mol. The average molecular weight is 339 g/mol. The molecule has 1 saturated heterocycles. The van der Waals surface area contributed by atoms with Crippen LogP contribution in [0.1, 0.15) is 35.3 Å². The quantitative estimate of drug-likeness (QED) is 0.839. The smallest absolute Gasteiger partial charge is 0.153 e. The van der Waals surface area contributed by atoms with Gasteiger partial charge in [-0.25, -0.2) is 13.4 Å². The zero-order chi connectivity index (χ0) is 15.7. The Morgan fingerprint density at radius 2 is 2.27 bits per heavy atom. The second-order valence-corrected chi connectivity index (χ2v) is 9.06. The summed E-state index contributed by atoms with van der Waals surface area (Å²) < 4.78 is 24.9. The second-order valence-electron chi connectivity index (χ2n) is 5.98. The van der Waals surface area contributed by atoms with E-state index >= 15 is 0 Å². The number of rotatable bonds is 5. The zero-order valence-corrected chi connectivity index (χ0v) is 14.5. The van der Waals surface area contributed by atoms with E-state index in [1.165, 1.54) is 29.7 Å². The average Bonchev–Trinajstić information content (AvgIpc) is 3.10. The highest BCUT2D eigenvalue weighted by molar-refractivity contribution is 7.90. The molecule has 2 aromatic rings. The predicted molar refractivity (Wildman–Crippen MR) is 88.5 cm³/mol. The van der Waals surface area contributed by atoms with Gasteiger partial charge in [0, 0.05) is 37.1 Å². The summed E-state index contributed by atoms with van der Waals surface area (Å²) >= 11 is 1.44. The van der Waals surface area contributed by atoms with E-state index in [1.807, 2.05) is 5.38 Å². The van der Waals surface area contributed by atoms with Crippen LogP contribution < -0.4 is 0 Å². The topological polar surface area (TPSA) is 55.2 Å². The third-order valence-electron chi connectivity index (χ3n) is 4.04. The van der Waals surface area contributed by atoms with Crippen LogP contribution in [0.25, 0.3) is 0 Å². The van der Waals surface area contributed by atoms with Crippen molar-refractivity contribution in [2.75, 3.05) is 12.8 Å². The van der Waals surface area contributed by atoms with Crippen LogP contribution >= 0.6 is 11.3 Å². The number of hydrogen-bond acceptors (Lipinski definition) is 5. The lowest BCUT2D eigenvalue weighted by molar-refractivity contribution is 0.238. The maximum Gasteiger partial charge on any atom is 0.153 e. The maximum atomic E-state index is 11.4. The Balaban J connectivity index is 1.71. The molecule has 120 valence electrons. The summed E-state index contributed by atoms with van der Waals surface area (Å²) in [6.45, 7) is 1.85. The molecule has 0 saturated carbocycles. The summed E-state index contributed by atoms with van der Waals surface area (Å²) in [6.07, 6.45) is 5.69. The van der Waals surface area contributed by atoms with Gasteiger partial charge >= 0.3 is 0 Å². The van der Waals surface area contributed by atoms with Gasteiger partial charge in [0.2, 0.25) is 0 Å². The monoisotopic (exact) mass is 339 g/mol. The van der Waals surface area contributed by atoms with Gasteiger partial charge in [0.25, 0.3) is 0 Å². The van der Waals surface area contributed by atoms with Crippen LogP contribution in [0, 0.1) is 0 Å². The Kier molecular flexibility index (Phi) is 4.38. The van der Waals surface area contributed by atoms with Crippen LogP contribution in [0.2, 0.25) is 0 Å². The molecule has 0 N–H and O–H groups in total. The first kappa shape index (κ1) is 15.7. The van der Waals surface area contributed by atoms with Gasteiger partial charge in [0.15, 0.2) is 9.84 Å². The molecule has 1 fully saturated rings. The van der Waals surface area contributed by atoms with E-state index < -0.39 is 9.84 Å². The van der Waals surface area contributed by atoms with Gasteiger partial charge in [-0.3, -0.25) is 4.90 Å². The van der Waals surface area contributed by atoms with E-state index in [0.717, 1.165) is 25.2 Å². The van der Waals surface area contributed by atoms with Gasteiger partial charge in [-0.15, -0.1) is 11.3 Å². The number of sulfone groups is 1. The van der Waals surface area contributed by atoms with E-state index in [4.69, 9.17) is 0 Å². The lowest BCUT2D eigenvalue weighted by Gasteiger charge is -2.24. The molecule has 0 spiro atoms. The lowest BCUT2D eigenvalue weighted by Crippen LogP contribution is -2.24. The molecule has 0 bridgehead atoms. The van der Waals surface area contributed by atoms with Crippen molar-refractivity contribution in [1.29, 1.82) is 0 Å². The Hall–Kier alpha value is -1.18. The summed E-state index contributed by atoms with van der Waals surface area (Å²) in [4.78, 5) is 6.93. The van der Waals surface area contributed by atoms with E-state index in [9.17, 15) is 8.42 Å². The standard InChI is InChI=1S/C15H21N3O2S2/c1-17-7-3-5-13(17)14-6-4-8-18(14)9-12-10-21-15(16-12)11-22(2,19)20/h3,5,7,10,14H,4,6,8-9,11H2,1-2H3. The molecule has 3 rings (SSSR count). The van der Waals surface area contributed by atoms with E-state index in [2.05, 4.69) is 39.8 Å². The van der Waals surface area contributed by atoms with Crippen molar-refractivity contribution >= 4 is 21.2 Å². The number of aryl methyl sites for hydroxylation is 1. The fraction of sp³-hybridized carbons (Fsp3) is 0.533. The molecule has 1 atom stereocenters. The van der Waals surface area contributed by atoms with Crippen LogP contribution in [0.3, 0.4) is 0 Å². The third-order valence-corrected chi connectivity index (χ3v) is 5.92. The number of likely N-dealkylation sites (tertiary alicyclic amines) is 1. The highest BCUT2D eigenvalue weighted by Gasteiger charge is 2.28. The summed E-state index contributed by atoms with van der Waals surface area (Å²) in [5, 5.41) is 2.67. The molecule has 0 aliphatic carbocycles. The van der Waals surface area contributed by atoms with Gasteiger partial charge < -0.3 is 4.57 Å². The van der Waals surface area contributed by atoms with Gasteiger partial charge in [-0.1, -0.05) is 0 Å². The molecule has 3 heterocycles. The summed E-state index contributed by atoms with van der Waals surface area (Å²) in [5.41, 5.74) is 2.31. The minimum absolute atomic E-state index is 0.0406. The SMILES string of the molecule is Cn1cccc1C1CCCN1Cc1csc(CS(C)(=O)=O)n1. The van der Waals surface area contributed by atoms with Crippen LogP contribution in [-0.4, -0.2) is 35.7 Å². The van der Waals surface area contributed by atoms with Gasteiger partial charge in [0.1, 0.15) is 10.8 Å². The highest BCUT2D eigenvalue weighted by Crippen LogP contribution is 2.33. The fourth-order valence-corrected chi connectivity index (χ4v) is 5.09. The third kappa shape index (κ3) is 3.59. The van der Waals surface area contributed by atoms with Crippen LogP contribution in [0.5, 0.6) is 0 Å². The fourth-order valence-electron chi connectivity index (χ4n) is 3.09. The van der Waals surface area contributed by atoms with Crippen molar-refractivity contribution in [3.05, 3.63) is 40.1 Å². The molecule has 22 heavy (non-hydrogen) atoms. The van der Waals surface area contributed by atoms with Crippen molar-refractivity contribution in [2.45, 2.75) is 31.2 Å². The Morgan fingerprint density at radius 3 is 2.95 bits per heavy atom.